The largest absolute Gasteiger partial charge is 0.399 e. The molecule has 0 fully saturated rings. The Morgan fingerprint density at radius 2 is 1.95 bits per heavy atom. The fourth-order valence-electron chi connectivity index (χ4n) is 1.82. The summed E-state index contributed by atoms with van der Waals surface area (Å²) in [5.41, 5.74) is 8.03. The van der Waals surface area contributed by atoms with Crippen LogP contribution in [0.2, 0.25) is 5.02 Å². The number of nitrogen functional groups attached to an aromatic ring is 1. The summed E-state index contributed by atoms with van der Waals surface area (Å²) in [4.78, 5) is 13.8. The Morgan fingerprint density at radius 1 is 1.21 bits per heavy atom. The number of carbonyl (C=O) groups is 1. The number of likely N-dealkylation sites (N-methyl/N-ethyl adjacent to an activating group) is 1. The molecular formula is C15H15ClN2O. The first-order valence-electron chi connectivity index (χ1n) is 5.93. The third-order valence-corrected chi connectivity index (χ3v) is 3.11. The van der Waals surface area contributed by atoms with Crippen LogP contribution in [0.1, 0.15) is 5.56 Å². The molecule has 0 saturated heterocycles. The summed E-state index contributed by atoms with van der Waals surface area (Å²) >= 11 is 5.90. The Labute approximate surface area is 117 Å². The van der Waals surface area contributed by atoms with Crippen molar-refractivity contribution in [3.8, 4) is 0 Å². The molecule has 98 valence electrons. The van der Waals surface area contributed by atoms with Crippen molar-refractivity contribution in [1.29, 1.82) is 0 Å². The number of benzene rings is 2. The monoisotopic (exact) mass is 274 g/mol. The lowest BCUT2D eigenvalue weighted by molar-refractivity contribution is -0.117. The highest BCUT2D eigenvalue weighted by Crippen LogP contribution is 2.18. The maximum atomic E-state index is 12.2. The second kappa shape index (κ2) is 5.76. The van der Waals surface area contributed by atoms with Crippen molar-refractivity contribution in [3.05, 3.63) is 59.1 Å². The summed E-state index contributed by atoms with van der Waals surface area (Å²) in [6.45, 7) is 0. The highest BCUT2D eigenvalue weighted by atomic mass is 35.5. The topological polar surface area (TPSA) is 46.3 Å². The molecule has 19 heavy (non-hydrogen) atoms. The van der Waals surface area contributed by atoms with Crippen molar-refractivity contribution in [2.75, 3.05) is 17.7 Å². The lowest BCUT2D eigenvalue weighted by atomic mass is 10.1. The number of hydrogen-bond acceptors (Lipinski definition) is 2. The zero-order valence-electron chi connectivity index (χ0n) is 10.6. The van der Waals surface area contributed by atoms with Gasteiger partial charge in [0.2, 0.25) is 5.91 Å². The maximum Gasteiger partial charge on any atom is 0.231 e. The molecule has 0 bridgehead atoms. The van der Waals surface area contributed by atoms with Crippen molar-refractivity contribution >= 4 is 28.9 Å². The first-order chi connectivity index (χ1) is 9.06. The number of carbonyl (C=O) groups excluding carboxylic acids is 1. The molecule has 0 saturated carbocycles. The number of hydrogen-bond donors (Lipinski definition) is 1. The van der Waals surface area contributed by atoms with E-state index in [1.807, 2.05) is 24.3 Å². The number of amides is 1. The SMILES string of the molecule is CN(C(=O)Cc1cccc(Cl)c1)c1cccc(N)c1. The number of nitrogens with zero attached hydrogens (tertiary/aromatic N) is 1. The van der Waals surface area contributed by atoms with Crippen LogP contribution in [0, 0.1) is 0 Å². The van der Waals surface area contributed by atoms with E-state index in [-0.39, 0.29) is 5.91 Å². The summed E-state index contributed by atoms with van der Waals surface area (Å²) in [6.07, 6.45) is 0.311. The number of halogens is 1. The minimum atomic E-state index is -0.00660. The van der Waals surface area contributed by atoms with Crippen LogP contribution in [0.15, 0.2) is 48.5 Å². The van der Waals surface area contributed by atoms with E-state index in [4.69, 9.17) is 17.3 Å². The molecule has 0 unspecified atom stereocenters. The van der Waals surface area contributed by atoms with Gasteiger partial charge in [0.15, 0.2) is 0 Å². The molecule has 0 aliphatic heterocycles. The van der Waals surface area contributed by atoms with Crippen molar-refractivity contribution in [2.24, 2.45) is 0 Å². The van der Waals surface area contributed by atoms with Gasteiger partial charge in [-0.2, -0.15) is 0 Å². The maximum absolute atomic E-state index is 12.2. The van der Waals surface area contributed by atoms with Gasteiger partial charge in [-0.3, -0.25) is 4.79 Å². The molecule has 2 N–H and O–H groups in total. The van der Waals surface area contributed by atoms with Crippen molar-refractivity contribution < 1.29 is 4.79 Å². The normalized spacial score (nSPS) is 10.2. The molecule has 0 atom stereocenters. The Morgan fingerprint density at radius 3 is 2.63 bits per heavy atom. The predicted molar refractivity (Wildman–Crippen MR) is 79.4 cm³/mol. The Bertz CT molecular complexity index is 598. The lowest BCUT2D eigenvalue weighted by Crippen LogP contribution is -2.27. The standard InChI is InChI=1S/C15H15ClN2O/c1-18(14-7-3-6-13(17)10-14)15(19)9-11-4-2-5-12(16)8-11/h2-8,10H,9,17H2,1H3. The molecule has 3 nitrogen and oxygen atoms in total. The zero-order chi connectivity index (χ0) is 13.8. The zero-order valence-corrected chi connectivity index (χ0v) is 11.4. The van der Waals surface area contributed by atoms with Gasteiger partial charge in [0.05, 0.1) is 6.42 Å². The smallest absolute Gasteiger partial charge is 0.231 e. The van der Waals surface area contributed by atoms with Crippen LogP contribution in [0.25, 0.3) is 0 Å². The molecule has 1 amide bonds. The van der Waals surface area contributed by atoms with Crippen molar-refractivity contribution in [2.45, 2.75) is 6.42 Å². The van der Waals surface area contributed by atoms with Gasteiger partial charge in [-0.05, 0) is 35.9 Å². The summed E-state index contributed by atoms with van der Waals surface area (Å²) in [5, 5.41) is 0.636. The van der Waals surface area contributed by atoms with E-state index in [9.17, 15) is 4.79 Å². The Hall–Kier alpha value is -2.00. The van der Waals surface area contributed by atoms with Gasteiger partial charge in [0.1, 0.15) is 0 Å². The predicted octanol–water partition coefficient (Wildman–Crippen LogP) is 3.13. The molecule has 0 heterocycles. The Kier molecular flexibility index (Phi) is 4.07. The van der Waals surface area contributed by atoms with Gasteiger partial charge in [0.25, 0.3) is 0 Å². The van der Waals surface area contributed by atoms with E-state index < -0.39 is 0 Å². The van der Waals surface area contributed by atoms with Crippen LogP contribution in [-0.2, 0) is 11.2 Å². The minimum Gasteiger partial charge on any atom is -0.399 e. The second-order valence-electron chi connectivity index (χ2n) is 4.35. The fraction of sp³-hybridized carbons (Fsp3) is 0.133. The molecule has 4 heteroatoms. The molecule has 0 aliphatic carbocycles. The molecular weight excluding hydrogens is 260 g/mol. The number of nitrogens with two attached hydrogens (primary N) is 1. The van der Waals surface area contributed by atoms with Crippen LogP contribution >= 0.6 is 11.6 Å². The van der Waals surface area contributed by atoms with Crippen molar-refractivity contribution in [1.82, 2.24) is 0 Å². The van der Waals surface area contributed by atoms with Gasteiger partial charge < -0.3 is 10.6 Å². The molecule has 2 rings (SSSR count). The molecule has 0 radical (unpaired) electrons. The van der Waals surface area contributed by atoms with E-state index in [0.717, 1.165) is 11.3 Å². The van der Waals surface area contributed by atoms with Gasteiger partial charge in [-0.25, -0.2) is 0 Å². The number of anilines is 2. The van der Waals surface area contributed by atoms with E-state index >= 15 is 0 Å². The minimum absolute atomic E-state index is 0.00660. The first-order valence-corrected chi connectivity index (χ1v) is 6.30. The van der Waals surface area contributed by atoms with E-state index in [1.54, 1.807) is 36.2 Å². The summed E-state index contributed by atoms with van der Waals surface area (Å²) < 4.78 is 0. The second-order valence-corrected chi connectivity index (χ2v) is 4.79. The summed E-state index contributed by atoms with van der Waals surface area (Å²) in [5.74, 6) is -0.00660. The lowest BCUT2D eigenvalue weighted by Gasteiger charge is -2.17. The summed E-state index contributed by atoms with van der Waals surface area (Å²) in [6, 6.07) is 14.6. The molecule has 2 aromatic rings. The third-order valence-electron chi connectivity index (χ3n) is 2.88. The highest BCUT2D eigenvalue weighted by molar-refractivity contribution is 6.30. The van der Waals surface area contributed by atoms with Gasteiger partial charge in [-0.15, -0.1) is 0 Å². The molecule has 2 aromatic carbocycles. The molecule has 0 aromatic heterocycles. The van der Waals surface area contributed by atoms with Crippen LogP contribution in [0.4, 0.5) is 11.4 Å². The van der Waals surface area contributed by atoms with Crippen LogP contribution in [-0.4, -0.2) is 13.0 Å². The van der Waals surface area contributed by atoms with E-state index in [0.29, 0.717) is 17.1 Å². The average Bonchev–Trinajstić information content (AvgIpc) is 2.38. The van der Waals surface area contributed by atoms with Crippen LogP contribution in [0.3, 0.4) is 0 Å². The highest BCUT2D eigenvalue weighted by Gasteiger charge is 2.11. The van der Waals surface area contributed by atoms with Gasteiger partial charge >= 0.3 is 0 Å². The number of rotatable bonds is 3. The molecule has 0 spiro atoms. The van der Waals surface area contributed by atoms with Gasteiger partial charge in [-0.1, -0.05) is 29.8 Å². The summed E-state index contributed by atoms with van der Waals surface area (Å²) in [7, 11) is 1.74. The third kappa shape index (κ3) is 3.48. The first kappa shape index (κ1) is 13.4. The van der Waals surface area contributed by atoms with E-state index in [1.165, 1.54) is 0 Å². The Balaban J connectivity index is 2.12. The molecule has 0 aliphatic rings. The van der Waals surface area contributed by atoms with Gasteiger partial charge in [0, 0.05) is 23.4 Å². The fourth-order valence-corrected chi connectivity index (χ4v) is 2.03. The van der Waals surface area contributed by atoms with E-state index in [2.05, 4.69) is 0 Å². The van der Waals surface area contributed by atoms with Crippen molar-refractivity contribution in [3.63, 3.8) is 0 Å². The quantitative estimate of drug-likeness (QED) is 0.874. The average molecular weight is 275 g/mol. The van der Waals surface area contributed by atoms with Crippen LogP contribution < -0.4 is 10.6 Å². The van der Waals surface area contributed by atoms with Crippen LogP contribution in [0.5, 0.6) is 0 Å².